The predicted molar refractivity (Wildman–Crippen MR) is 66.6 cm³/mol. The van der Waals surface area contributed by atoms with Crippen LogP contribution in [0.3, 0.4) is 0 Å². The van der Waals surface area contributed by atoms with Crippen LogP contribution in [0.25, 0.3) is 5.57 Å². The van der Waals surface area contributed by atoms with Crippen molar-refractivity contribution in [3.8, 4) is 0 Å². The van der Waals surface area contributed by atoms with Gasteiger partial charge in [-0.3, -0.25) is 4.98 Å². The molecular formula is C14H19N. The van der Waals surface area contributed by atoms with Gasteiger partial charge in [0.15, 0.2) is 0 Å². The van der Waals surface area contributed by atoms with E-state index >= 15 is 0 Å². The molecule has 1 aliphatic carbocycles. The fourth-order valence-corrected chi connectivity index (χ4v) is 1.62. The molecule has 0 amide bonds. The van der Waals surface area contributed by atoms with E-state index < -0.39 is 0 Å². The molecule has 15 heavy (non-hydrogen) atoms. The van der Waals surface area contributed by atoms with Crippen molar-refractivity contribution in [1.82, 2.24) is 4.98 Å². The first-order chi connectivity index (χ1) is 7.36. The van der Waals surface area contributed by atoms with Gasteiger partial charge in [-0.1, -0.05) is 37.6 Å². The van der Waals surface area contributed by atoms with Gasteiger partial charge in [0.1, 0.15) is 0 Å². The van der Waals surface area contributed by atoms with Crippen LogP contribution in [0.1, 0.15) is 39.3 Å². The van der Waals surface area contributed by atoms with E-state index in [1.54, 1.807) is 0 Å². The average molecular weight is 201 g/mol. The molecule has 0 N–H and O–H groups in total. The summed E-state index contributed by atoms with van der Waals surface area (Å²) in [4.78, 5) is 4.34. The summed E-state index contributed by atoms with van der Waals surface area (Å²) < 4.78 is 0. The van der Waals surface area contributed by atoms with E-state index in [9.17, 15) is 0 Å². The molecule has 0 unspecified atom stereocenters. The van der Waals surface area contributed by atoms with Gasteiger partial charge in [-0.05, 0) is 37.5 Å². The second kappa shape index (κ2) is 6.18. The molecule has 0 aliphatic heterocycles. The summed E-state index contributed by atoms with van der Waals surface area (Å²) in [7, 11) is 0. The number of rotatable bonds is 1. The van der Waals surface area contributed by atoms with Crippen molar-refractivity contribution in [3.63, 3.8) is 0 Å². The third kappa shape index (κ3) is 3.35. The van der Waals surface area contributed by atoms with Crippen molar-refractivity contribution in [1.29, 1.82) is 0 Å². The first-order valence-electron chi connectivity index (χ1n) is 5.65. The largest absolute Gasteiger partial charge is 0.257 e. The van der Waals surface area contributed by atoms with Crippen LogP contribution >= 0.6 is 0 Å². The number of hydrogen-bond acceptors (Lipinski definition) is 1. The van der Waals surface area contributed by atoms with E-state index in [0.29, 0.717) is 0 Å². The van der Waals surface area contributed by atoms with E-state index in [-0.39, 0.29) is 0 Å². The van der Waals surface area contributed by atoms with Crippen molar-refractivity contribution >= 4 is 5.57 Å². The van der Waals surface area contributed by atoms with Crippen LogP contribution in [-0.2, 0) is 0 Å². The normalized spacial score (nSPS) is 14.6. The minimum atomic E-state index is 1.12. The third-order valence-electron chi connectivity index (χ3n) is 2.28. The van der Waals surface area contributed by atoms with Gasteiger partial charge < -0.3 is 0 Å². The number of aromatic nitrogens is 1. The Morgan fingerprint density at radius 2 is 2.00 bits per heavy atom. The standard InChI is InChI=1S/C12H13N.C2H6/c1-10-5-4-6-11(9-10)12-7-2-3-8-13-12;1-2/h2-3,5,7-9H,4,6H2,1H3;1-2H3. The van der Waals surface area contributed by atoms with Gasteiger partial charge in [0.05, 0.1) is 5.69 Å². The summed E-state index contributed by atoms with van der Waals surface area (Å²) in [5, 5.41) is 0. The van der Waals surface area contributed by atoms with Crippen LogP contribution in [0.15, 0.2) is 42.1 Å². The lowest BCUT2D eigenvalue weighted by Crippen LogP contribution is -1.92. The lowest BCUT2D eigenvalue weighted by Gasteiger charge is -2.10. The molecule has 1 aliphatic rings. The average Bonchev–Trinajstić information content (AvgIpc) is 2.33. The van der Waals surface area contributed by atoms with Gasteiger partial charge in [-0.25, -0.2) is 0 Å². The van der Waals surface area contributed by atoms with Crippen molar-refractivity contribution in [2.24, 2.45) is 0 Å². The van der Waals surface area contributed by atoms with E-state index in [0.717, 1.165) is 18.5 Å². The smallest absolute Gasteiger partial charge is 0.0661 e. The minimum Gasteiger partial charge on any atom is -0.257 e. The van der Waals surface area contributed by atoms with Crippen LogP contribution in [-0.4, -0.2) is 4.98 Å². The van der Waals surface area contributed by atoms with E-state index in [1.165, 1.54) is 11.1 Å². The maximum atomic E-state index is 4.34. The molecule has 0 spiro atoms. The second-order valence-corrected chi connectivity index (χ2v) is 3.37. The molecule has 0 bridgehead atoms. The Morgan fingerprint density at radius 1 is 1.20 bits per heavy atom. The van der Waals surface area contributed by atoms with Gasteiger partial charge in [0.25, 0.3) is 0 Å². The van der Waals surface area contributed by atoms with Crippen molar-refractivity contribution < 1.29 is 0 Å². The fourth-order valence-electron chi connectivity index (χ4n) is 1.62. The minimum absolute atomic E-state index is 1.12. The Morgan fingerprint density at radius 3 is 2.60 bits per heavy atom. The predicted octanol–water partition coefficient (Wildman–Crippen LogP) is 4.23. The topological polar surface area (TPSA) is 12.9 Å². The molecule has 1 nitrogen and oxygen atoms in total. The second-order valence-electron chi connectivity index (χ2n) is 3.37. The van der Waals surface area contributed by atoms with Gasteiger partial charge in [-0.15, -0.1) is 0 Å². The lowest BCUT2D eigenvalue weighted by molar-refractivity contribution is 1.02. The monoisotopic (exact) mass is 201 g/mol. The van der Waals surface area contributed by atoms with Crippen LogP contribution in [0, 0.1) is 0 Å². The Balaban J connectivity index is 0.000000531. The van der Waals surface area contributed by atoms with Crippen molar-refractivity contribution in [3.05, 3.63) is 47.8 Å². The zero-order valence-corrected chi connectivity index (χ0v) is 9.83. The molecule has 1 aromatic heterocycles. The Labute approximate surface area is 92.6 Å². The molecule has 0 atom stereocenters. The Kier molecular flexibility index (Phi) is 4.82. The third-order valence-corrected chi connectivity index (χ3v) is 2.28. The van der Waals surface area contributed by atoms with E-state index in [4.69, 9.17) is 0 Å². The molecule has 0 saturated carbocycles. The van der Waals surface area contributed by atoms with Crippen LogP contribution in [0.5, 0.6) is 0 Å². The molecule has 80 valence electrons. The number of nitrogens with zero attached hydrogens (tertiary/aromatic N) is 1. The lowest BCUT2D eigenvalue weighted by atomic mass is 9.98. The van der Waals surface area contributed by atoms with Crippen LogP contribution < -0.4 is 0 Å². The highest BCUT2D eigenvalue weighted by molar-refractivity contribution is 5.66. The summed E-state index contributed by atoms with van der Waals surface area (Å²) in [5.74, 6) is 0. The van der Waals surface area contributed by atoms with E-state index in [1.807, 2.05) is 32.2 Å². The molecule has 1 heterocycles. The van der Waals surface area contributed by atoms with Gasteiger partial charge in [0, 0.05) is 6.20 Å². The zero-order valence-electron chi connectivity index (χ0n) is 9.83. The quantitative estimate of drug-likeness (QED) is 0.662. The maximum Gasteiger partial charge on any atom is 0.0661 e. The molecule has 2 rings (SSSR count). The molecule has 1 heteroatoms. The zero-order chi connectivity index (χ0) is 11.1. The summed E-state index contributed by atoms with van der Waals surface area (Å²) in [5.41, 5.74) is 3.84. The summed E-state index contributed by atoms with van der Waals surface area (Å²) in [6.07, 6.45) is 8.62. The number of allylic oxidation sites excluding steroid dienone is 4. The maximum absolute atomic E-state index is 4.34. The van der Waals surface area contributed by atoms with Crippen molar-refractivity contribution in [2.75, 3.05) is 0 Å². The Hall–Kier alpha value is -1.37. The van der Waals surface area contributed by atoms with Crippen LogP contribution in [0.2, 0.25) is 0 Å². The molecule has 1 aromatic rings. The van der Waals surface area contributed by atoms with Gasteiger partial charge >= 0.3 is 0 Å². The van der Waals surface area contributed by atoms with Gasteiger partial charge in [-0.2, -0.15) is 0 Å². The molecule has 0 radical (unpaired) electrons. The molecule has 0 saturated heterocycles. The van der Waals surface area contributed by atoms with Crippen LogP contribution in [0.4, 0.5) is 0 Å². The van der Waals surface area contributed by atoms with Crippen molar-refractivity contribution in [2.45, 2.75) is 33.6 Å². The SMILES string of the molecule is CC.CC1=CCCC(c2ccccn2)=C1. The fraction of sp³-hybridized carbons (Fsp3) is 0.357. The molecule has 0 fully saturated rings. The molecular weight excluding hydrogens is 182 g/mol. The summed E-state index contributed by atoms with van der Waals surface area (Å²) in [6.45, 7) is 6.14. The van der Waals surface area contributed by atoms with Gasteiger partial charge in [0.2, 0.25) is 0 Å². The highest BCUT2D eigenvalue weighted by Crippen LogP contribution is 2.24. The first kappa shape index (κ1) is 11.7. The first-order valence-corrected chi connectivity index (χ1v) is 5.65. The summed E-state index contributed by atoms with van der Waals surface area (Å²) >= 11 is 0. The van der Waals surface area contributed by atoms with E-state index in [2.05, 4.69) is 30.1 Å². The number of pyridine rings is 1. The Bertz CT molecular complexity index is 347. The summed E-state index contributed by atoms with van der Waals surface area (Å²) in [6, 6.07) is 6.07. The highest BCUT2D eigenvalue weighted by atomic mass is 14.7. The highest BCUT2D eigenvalue weighted by Gasteiger charge is 2.05. The number of hydrogen-bond donors (Lipinski definition) is 0. The molecule has 0 aromatic carbocycles.